The zero-order valence-corrected chi connectivity index (χ0v) is 10.5. The van der Waals surface area contributed by atoms with E-state index < -0.39 is 29.9 Å². The lowest BCUT2D eigenvalue weighted by molar-refractivity contribution is -0.144. The molecule has 0 amide bonds. The Hall–Kier alpha value is -2.64. The maximum absolute atomic E-state index is 12.9. The molecule has 2 heterocycles. The van der Waals surface area contributed by atoms with Gasteiger partial charge in [-0.1, -0.05) is 6.07 Å². The molecule has 2 rings (SSSR count). The first-order valence-corrected chi connectivity index (χ1v) is 5.74. The summed E-state index contributed by atoms with van der Waals surface area (Å²) in [6.45, 7) is -0.392. The van der Waals surface area contributed by atoms with E-state index in [1.807, 2.05) is 0 Å². The Morgan fingerprint density at radius 3 is 2.62 bits per heavy atom. The van der Waals surface area contributed by atoms with Crippen LogP contribution in [0.4, 0.5) is 13.2 Å². The van der Waals surface area contributed by atoms with E-state index in [4.69, 9.17) is 5.11 Å². The van der Waals surface area contributed by atoms with Gasteiger partial charge in [-0.3, -0.25) is 9.36 Å². The van der Waals surface area contributed by atoms with Gasteiger partial charge in [0.25, 0.3) is 5.56 Å². The third-order valence-electron chi connectivity index (χ3n) is 2.72. The predicted molar refractivity (Wildman–Crippen MR) is 66.0 cm³/mol. The van der Waals surface area contributed by atoms with Gasteiger partial charge in [0.2, 0.25) is 0 Å². The highest BCUT2D eigenvalue weighted by atomic mass is 19.4. The van der Waals surface area contributed by atoms with Crippen molar-refractivity contribution >= 4 is 5.97 Å². The van der Waals surface area contributed by atoms with Crippen LogP contribution in [0.1, 0.15) is 21.7 Å². The lowest BCUT2D eigenvalue weighted by Crippen LogP contribution is -2.27. The summed E-state index contributed by atoms with van der Waals surface area (Å²) in [5, 5.41) is 8.80. The molecule has 0 radical (unpaired) electrons. The van der Waals surface area contributed by atoms with Crippen molar-refractivity contribution in [1.82, 2.24) is 9.55 Å². The molecule has 5 nitrogen and oxygen atoms in total. The minimum absolute atomic E-state index is 0.237. The van der Waals surface area contributed by atoms with Gasteiger partial charge >= 0.3 is 12.1 Å². The van der Waals surface area contributed by atoms with Crippen molar-refractivity contribution in [2.24, 2.45) is 0 Å². The van der Waals surface area contributed by atoms with E-state index in [2.05, 4.69) is 4.98 Å². The van der Waals surface area contributed by atoms with Gasteiger partial charge in [0, 0.05) is 12.3 Å². The summed E-state index contributed by atoms with van der Waals surface area (Å²) in [6, 6.07) is 5.31. The quantitative estimate of drug-likeness (QED) is 0.941. The van der Waals surface area contributed by atoms with E-state index >= 15 is 0 Å². The third kappa shape index (κ3) is 3.28. The van der Waals surface area contributed by atoms with Gasteiger partial charge < -0.3 is 5.11 Å². The smallest absolute Gasteiger partial charge is 0.431 e. The van der Waals surface area contributed by atoms with Crippen LogP contribution in [0.3, 0.4) is 0 Å². The Labute approximate surface area is 116 Å². The number of carboxylic acid groups (broad SMARTS) is 1. The van der Waals surface area contributed by atoms with Crippen LogP contribution >= 0.6 is 0 Å². The largest absolute Gasteiger partial charge is 0.477 e. The lowest BCUT2D eigenvalue weighted by Gasteiger charge is -2.15. The molecule has 0 spiro atoms. The van der Waals surface area contributed by atoms with Gasteiger partial charge in [0.1, 0.15) is 11.4 Å². The highest BCUT2D eigenvalue weighted by Crippen LogP contribution is 2.28. The number of rotatable bonds is 3. The number of halogens is 3. The van der Waals surface area contributed by atoms with Crippen molar-refractivity contribution in [1.29, 1.82) is 0 Å². The first kappa shape index (κ1) is 14.8. The van der Waals surface area contributed by atoms with Crippen LogP contribution in [-0.4, -0.2) is 20.6 Å². The van der Waals surface area contributed by atoms with Crippen LogP contribution in [0.15, 0.2) is 41.3 Å². The maximum atomic E-state index is 12.9. The molecule has 0 aliphatic rings. The van der Waals surface area contributed by atoms with E-state index in [0.717, 1.165) is 24.3 Å². The molecule has 8 heteroatoms. The molecule has 0 saturated heterocycles. The third-order valence-corrected chi connectivity index (χ3v) is 2.72. The number of pyridine rings is 2. The maximum Gasteiger partial charge on any atom is 0.431 e. The van der Waals surface area contributed by atoms with Gasteiger partial charge in [-0.15, -0.1) is 0 Å². The fourth-order valence-corrected chi connectivity index (χ4v) is 1.80. The van der Waals surface area contributed by atoms with Crippen molar-refractivity contribution in [2.75, 3.05) is 0 Å². The fourth-order valence-electron chi connectivity index (χ4n) is 1.80. The molecular weight excluding hydrogens is 289 g/mol. The van der Waals surface area contributed by atoms with Crippen LogP contribution in [0, 0.1) is 0 Å². The Balaban J connectivity index is 2.47. The number of aromatic nitrogens is 2. The second-order valence-corrected chi connectivity index (χ2v) is 4.19. The van der Waals surface area contributed by atoms with Crippen molar-refractivity contribution in [3.05, 3.63) is 63.8 Å². The standard InChI is InChI=1S/C13H9F3N2O3/c14-13(15,16)10-2-1-3-11(19)18(10)7-8-4-5-17-9(6-8)12(20)21/h1-6H,7H2,(H,20,21). The SMILES string of the molecule is O=C(O)c1cc(Cn2c(C(F)(F)F)cccc2=O)ccn1. The highest BCUT2D eigenvalue weighted by Gasteiger charge is 2.34. The topological polar surface area (TPSA) is 72.2 Å². The summed E-state index contributed by atoms with van der Waals surface area (Å²) < 4.78 is 39.2. The van der Waals surface area contributed by atoms with E-state index in [1.165, 1.54) is 12.3 Å². The van der Waals surface area contributed by atoms with Gasteiger partial charge in [0.05, 0.1) is 6.54 Å². The summed E-state index contributed by atoms with van der Waals surface area (Å²) >= 11 is 0. The number of hydrogen-bond acceptors (Lipinski definition) is 3. The van der Waals surface area contributed by atoms with Crippen LogP contribution in [0.25, 0.3) is 0 Å². The number of carboxylic acids is 1. The summed E-state index contributed by atoms with van der Waals surface area (Å²) in [6.07, 6.45) is -3.51. The molecule has 0 saturated carbocycles. The summed E-state index contributed by atoms with van der Waals surface area (Å²) in [5.74, 6) is -1.30. The molecule has 0 aliphatic carbocycles. The Bertz CT molecular complexity index is 738. The Morgan fingerprint density at radius 2 is 2.00 bits per heavy atom. The molecule has 1 N–H and O–H groups in total. The predicted octanol–water partition coefficient (Wildman–Crippen LogP) is 2.01. The minimum Gasteiger partial charge on any atom is -0.477 e. The molecule has 0 bridgehead atoms. The second-order valence-electron chi connectivity index (χ2n) is 4.19. The minimum atomic E-state index is -4.68. The molecule has 110 valence electrons. The van der Waals surface area contributed by atoms with Gasteiger partial charge in [0.15, 0.2) is 0 Å². The highest BCUT2D eigenvalue weighted by molar-refractivity contribution is 5.85. The van der Waals surface area contributed by atoms with Crippen molar-refractivity contribution < 1.29 is 23.1 Å². The number of alkyl halides is 3. The van der Waals surface area contributed by atoms with Crippen molar-refractivity contribution in [2.45, 2.75) is 12.7 Å². The van der Waals surface area contributed by atoms with Crippen molar-refractivity contribution in [3.63, 3.8) is 0 Å². The number of hydrogen-bond donors (Lipinski definition) is 1. The van der Waals surface area contributed by atoms with E-state index in [9.17, 15) is 22.8 Å². The van der Waals surface area contributed by atoms with E-state index in [-0.39, 0.29) is 11.3 Å². The van der Waals surface area contributed by atoms with Crippen LogP contribution < -0.4 is 5.56 Å². The number of aromatic carboxylic acids is 1. The molecule has 2 aromatic heterocycles. The normalized spacial score (nSPS) is 11.4. The van der Waals surface area contributed by atoms with Crippen LogP contribution in [-0.2, 0) is 12.7 Å². The van der Waals surface area contributed by atoms with E-state index in [1.54, 1.807) is 0 Å². The zero-order valence-electron chi connectivity index (χ0n) is 10.5. The molecule has 2 aromatic rings. The van der Waals surface area contributed by atoms with Crippen molar-refractivity contribution in [3.8, 4) is 0 Å². The van der Waals surface area contributed by atoms with Gasteiger partial charge in [-0.2, -0.15) is 13.2 Å². The molecule has 0 aromatic carbocycles. The van der Waals surface area contributed by atoms with Gasteiger partial charge in [-0.05, 0) is 23.8 Å². The zero-order chi connectivity index (χ0) is 15.6. The fraction of sp³-hybridized carbons (Fsp3) is 0.154. The monoisotopic (exact) mass is 298 g/mol. The molecule has 0 unspecified atom stereocenters. The molecule has 0 fully saturated rings. The number of nitrogens with zero attached hydrogens (tertiary/aromatic N) is 2. The molecule has 21 heavy (non-hydrogen) atoms. The van der Waals surface area contributed by atoms with Gasteiger partial charge in [-0.25, -0.2) is 9.78 Å². The van der Waals surface area contributed by atoms with E-state index in [0.29, 0.717) is 4.57 Å². The molecular formula is C13H9F3N2O3. The second kappa shape index (κ2) is 5.39. The summed E-state index contributed by atoms with van der Waals surface area (Å²) in [7, 11) is 0. The first-order chi connectivity index (χ1) is 9.79. The number of carbonyl (C=O) groups is 1. The summed E-state index contributed by atoms with van der Waals surface area (Å²) in [4.78, 5) is 26.0. The Kier molecular flexibility index (Phi) is 3.79. The average Bonchev–Trinajstić information content (AvgIpc) is 2.40. The lowest BCUT2D eigenvalue weighted by atomic mass is 10.2. The Morgan fingerprint density at radius 1 is 1.29 bits per heavy atom. The summed E-state index contributed by atoms with van der Waals surface area (Å²) in [5.41, 5.74) is -1.98. The average molecular weight is 298 g/mol. The molecule has 0 aliphatic heterocycles. The first-order valence-electron chi connectivity index (χ1n) is 5.74. The molecule has 0 atom stereocenters. The van der Waals surface area contributed by atoms with Crippen LogP contribution in [0.5, 0.6) is 0 Å². The van der Waals surface area contributed by atoms with Crippen LogP contribution in [0.2, 0.25) is 0 Å².